The van der Waals surface area contributed by atoms with Crippen LogP contribution >= 0.6 is 11.6 Å². The maximum Gasteiger partial charge on any atom is 0.345 e. The quantitative estimate of drug-likeness (QED) is 0.305. The predicted octanol–water partition coefficient (Wildman–Crippen LogP) is 5.03. The van der Waals surface area contributed by atoms with Crippen LogP contribution < -0.4 is 4.74 Å². The number of ether oxygens (including phenoxy) is 2. The molecule has 6 heteroatoms. The molecule has 0 bridgehead atoms. The first-order chi connectivity index (χ1) is 12.7. The molecule has 0 saturated heterocycles. The lowest BCUT2D eigenvalue weighted by atomic mass is 10.1. The maximum atomic E-state index is 12.5. The van der Waals surface area contributed by atoms with Gasteiger partial charge in [-0.3, -0.25) is 0 Å². The van der Waals surface area contributed by atoms with E-state index < -0.39 is 14.0 Å². The highest BCUT2D eigenvalue weighted by Gasteiger charge is 2.25. The van der Waals surface area contributed by atoms with Crippen LogP contribution in [0.4, 0.5) is 0 Å². The summed E-state index contributed by atoms with van der Waals surface area (Å²) in [6.45, 7) is 10.5. The monoisotopic (exact) mass is 401 g/mol. The van der Waals surface area contributed by atoms with E-state index in [0.717, 1.165) is 5.56 Å². The van der Waals surface area contributed by atoms with E-state index >= 15 is 0 Å². The zero-order valence-corrected chi connectivity index (χ0v) is 18.1. The highest BCUT2D eigenvalue weighted by molar-refractivity contribution is 6.83. The molecule has 0 aliphatic heterocycles. The number of hydrogen-bond donors (Lipinski definition) is 0. The van der Waals surface area contributed by atoms with Crippen LogP contribution in [-0.4, -0.2) is 25.6 Å². The lowest BCUT2D eigenvalue weighted by molar-refractivity contribution is 0.0520. The number of esters is 1. The van der Waals surface area contributed by atoms with Crippen molar-refractivity contribution in [3.8, 4) is 17.2 Å². The van der Waals surface area contributed by atoms with E-state index in [1.54, 1.807) is 6.92 Å². The third-order valence-corrected chi connectivity index (χ3v) is 4.70. The van der Waals surface area contributed by atoms with Crippen molar-refractivity contribution in [1.82, 2.24) is 4.98 Å². The molecule has 142 valence electrons. The maximum absolute atomic E-state index is 12.5. The standard InChI is InChI=1S/C21H24ClNO3Si/c1-6-25-21(24)18-19(26-14-16-10-8-7-9-11-16)17(12-13-27(3,4)5)15(2)23-20(18)22/h7-11H,6,14H2,1-5H3. The second-order valence-electron chi connectivity index (χ2n) is 7.06. The van der Waals surface area contributed by atoms with E-state index in [0.29, 0.717) is 17.0 Å². The Morgan fingerprint density at radius 3 is 2.48 bits per heavy atom. The number of aryl methyl sites for hydroxylation is 1. The molecule has 1 aromatic carbocycles. The number of pyridine rings is 1. The number of halogens is 1. The van der Waals surface area contributed by atoms with Gasteiger partial charge >= 0.3 is 5.97 Å². The van der Waals surface area contributed by atoms with Gasteiger partial charge in [-0.1, -0.05) is 67.5 Å². The second kappa shape index (κ2) is 9.07. The van der Waals surface area contributed by atoms with Gasteiger partial charge in [-0.05, 0) is 19.4 Å². The molecule has 0 spiro atoms. The van der Waals surface area contributed by atoms with Crippen molar-refractivity contribution in [1.29, 1.82) is 0 Å². The van der Waals surface area contributed by atoms with E-state index in [2.05, 4.69) is 36.1 Å². The fraction of sp³-hybridized carbons (Fsp3) is 0.333. The van der Waals surface area contributed by atoms with Crippen LogP contribution in [0.2, 0.25) is 24.8 Å². The van der Waals surface area contributed by atoms with Gasteiger partial charge in [-0.25, -0.2) is 9.78 Å². The molecule has 1 heterocycles. The normalized spacial score (nSPS) is 10.7. The first-order valence-electron chi connectivity index (χ1n) is 8.80. The van der Waals surface area contributed by atoms with E-state index in [1.807, 2.05) is 37.3 Å². The minimum atomic E-state index is -1.64. The number of rotatable bonds is 5. The molecule has 1 aromatic heterocycles. The van der Waals surface area contributed by atoms with Gasteiger partial charge in [0.05, 0.1) is 17.9 Å². The number of carbonyl (C=O) groups is 1. The van der Waals surface area contributed by atoms with Crippen molar-refractivity contribution in [2.75, 3.05) is 6.61 Å². The van der Waals surface area contributed by atoms with Gasteiger partial charge in [0.15, 0.2) is 5.75 Å². The Kier molecular flexibility index (Phi) is 7.06. The van der Waals surface area contributed by atoms with Crippen molar-refractivity contribution < 1.29 is 14.3 Å². The van der Waals surface area contributed by atoms with Crippen LogP contribution in [0, 0.1) is 18.4 Å². The highest BCUT2D eigenvalue weighted by Crippen LogP contribution is 2.32. The van der Waals surface area contributed by atoms with Crippen molar-refractivity contribution in [3.63, 3.8) is 0 Å². The van der Waals surface area contributed by atoms with Crippen LogP contribution in [0.5, 0.6) is 5.75 Å². The van der Waals surface area contributed by atoms with Crippen LogP contribution in [0.15, 0.2) is 30.3 Å². The summed E-state index contributed by atoms with van der Waals surface area (Å²) in [5, 5.41) is 0.0626. The molecule has 2 rings (SSSR count). The van der Waals surface area contributed by atoms with Gasteiger partial charge in [0.2, 0.25) is 0 Å². The van der Waals surface area contributed by atoms with Gasteiger partial charge in [-0.2, -0.15) is 0 Å². The third-order valence-electron chi connectivity index (χ3n) is 3.56. The minimum absolute atomic E-state index is 0.0626. The molecule has 0 fully saturated rings. The summed E-state index contributed by atoms with van der Waals surface area (Å²) in [7, 11) is -1.64. The summed E-state index contributed by atoms with van der Waals surface area (Å²) in [6, 6.07) is 9.70. The largest absolute Gasteiger partial charge is 0.486 e. The molecule has 0 radical (unpaired) electrons. The van der Waals surface area contributed by atoms with E-state index in [4.69, 9.17) is 21.1 Å². The molecule has 27 heavy (non-hydrogen) atoms. The van der Waals surface area contributed by atoms with E-state index in [-0.39, 0.29) is 23.9 Å². The topological polar surface area (TPSA) is 48.4 Å². The van der Waals surface area contributed by atoms with Crippen molar-refractivity contribution in [2.45, 2.75) is 40.1 Å². The molecule has 0 saturated carbocycles. The molecule has 0 unspecified atom stereocenters. The second-order valence-corrected chi connectivity index (χ2v) is 12.2. The molecular weight excluding hydrogens is 378 g/mol. The Balaban J connectivity index is 2.57. The molecule has 2 aromatic rings. The SMILES string of the molecule is CCOC(=O)c1c(Cl)nc(C)c(C#C[Si](C)(C)C)c1OCc1ccccc1. The summed E-state index contributed by atoms with van der Waals surface area (Å²) >= 11 is 6.28. The van der Waals surface area contributed by atoms with E-state index in [9.17, 15) is 4.79 Å². The fourth-order valence-electron chi connectivity index (χ4n) is 2.29. The van der Waals surface area contributed by atoms with Crippen molar-refractivity contribution in [3.05, 3.63) is 57.9 Å². The first kappa shape index (κ1) is 21.0. The van der Waals surface area contributed by atoms with Gasteiger partial charge in [0.1, 0.15) is 25.4 Å². The van der Waals surface area contributed by atoms with Gasteiger partial charge in [0.25, 0.3) is 0 Å². The Labute approximate surface area is 166 Å². The van der Waals surface area contributed by atoms with Crippen LogP contribution in [-0.2, 0) is 11.3 Å². The van der Waals surface area contributed by atoms with Crippen LogP contribution in [0.25, 0.3) is 0 Å². The molecule has 0 aliphatic carbocycles. The summed E-state index contributed by atoms with van der Waals surface area (Å²) in [6.07, 6.45) is 0. The Morgan fingerprint density at radius 1 is 1.22 bits per heavy atom. The number of nitrogens with zero attached hydrogens (tertiary/aromatic N) is 1. The zero-order chi connectivity index (χ0) is 20.0. The molecule has 0 amide bonds. The smallest absolute Gasteiger partial charge is 0.345 e. The van der Waals surface area contributed by atoms with E-state index in [1.165, 1.54) is 0 Å². The Hall–Kier alpha value is -2.29. The number of hydrogen-bond acceptors (Lipinski definition) is 4. The average molecular weight is 402 g/mol. The molecule has 4 nitrogen and oxygen atoms in total. The van der Waals surface area contributed by atoms with Crippen molar-refractivity contribution in [2.24, 2.45) is 0 Å². The lowest BCUT2D eigenvalue weighted by Crippen LogP contribution is -2.17. The lowest BCUT2D eigenvalue weighted by Gasteiger charge is -2.16. The third kappa shape index (κ3) is 5.85. The Bertz CT molecular complexity index is 880. The zero-order valence-electron chi connectivity index (χ0n) is 16.4. The van der Waals surface area contributed by atoms with Gasteiger partial charge in [-0.15, -0.1) is 5.54 Å². The molecule has 0 atom stereocenters. The summed E-state index contributed by atoms with van der Waals surface area (Å²) in [4.78, 5) is 16.8. The number of carbonyl (C=O) groups excluding carboxylic acids is 1. The molecular formula is C21H24ClNO3Si. The summed E-state index contributed by atoms with van der Waals surface area (Å²) in [5.41, 5.74) is 5.62. The first-order valence-corrected chi connectivity index (χ1v) is 12.7. The molecule has 0 N–H and O–H groups in total. The molecule has 0 aliphatic rings. The minimum Gasteiger partial charge on any atom is -0.486 e. The summed E-state index contributed by atoms with van der Waals surface area (Å²) in [5.74, 6) is 2.95. The summed E-state index contributed by atoms with van der Waals surface area (Å²) < 4.78 is 11.2. The predicted molar refractivity (Wildman–Crippen MR) is 111 cm³/mol. The number of benzene rings is 1. The van der Waals surface area contributed by atoms with Gasteiger partial charge in [0, 0.05) is 0 Å². The van der Waals surface area contributed by atoms with Crippen molar-refractivity contribution >= 4 is 25.6 Å². The van der Waals surface area contributed by atoms with Crippen LogP contribution in [0.3, 0.4) is 0 Å². The van der Waals surface area contributed by atoms with Crippen LogP contribution in [0.1, 0.15) is 34.1 Å². The Morgan fingerprint density at radius 2 is 1.89 bits per heavy atom. The fourth-order valence-corrected chi connectivity index (χ4v) is 3.08. The van der Waals surface area contributed by atoms with Gasteiger partial charge < -0.3 is 9.47 Å². The number of aromatic nitrogens is 1. The average Bonchev–Trinajstić information content (AvgIpc) is 2.59. The highest BCUT2D eigenvalue weighted by atomic mass is 35.5.